The van der Waals surface area contributed by atoms with Crippen molar-refractivity contribution in [2.75, 3.05) is 13.7 Å². The molecule has 0 radical (unpaired) electrons. The summed E-state index contributed by atoms with van der Waals surface area (Å²) in [6.07, 6.45) is 1.65. The lowest BCUT2D eigenvalue weighted by molar-refractivity contribution is 0.0963. The van der Waals surface area contributed by atoms with E-state index in [1.807, 2.05) is 0 Å². The molecule has 16 heavy (non-hydrogen) atoms. The summed E-state index contributed by atoms with van der Waals surface area (Å²) >= 11 is 0. The Morgan fingerprint density at radius 3 is 2.56 bits per heavy atom. The number of rotatable bonds is 5. The first kappa shape index (κ1) is 12.0. The van der Waals surface area contributed by atoms with Crippen LogP contribution in [-0.4, -0.2) is 19.6 Å². The van der Waals surface area contributed by atoms with Crippen LogP contribution in [0.4, 0.5) is 0 Å². The summed E-state index contributed by atoms with van der Waals surface area (Å²) in [5.74, 6) is 0.595. The van der Waals surface area contributed by atoms with Crippen LogP contribution in [0.15, 0.2) is 49.1 Å². The lowest BCUT2D eigenvalue weighted by Crippen LogP contribution is -2.17. The van der Waals surface area contributed by atoms with Crippen molar-refractivity contribution in [3.05, 3.63) is 54.6 Å². The van der Waals surface area contributed by atoms with Crippen molar-refractivity contribution < 1.29 is 9.53 Å². The monoisotopic (exact) mass is 217 g/mol. The molecule has 1 rings (SSSR count). The van der Waals surface area contributed by atoms with Crippen molar-refractivity contribution in [1.29, 1.82) is 0 Å². The van der Waals surface area contributed by atoms with Gasteiger partial charge < -0.3 is 10.1 Å². The molecule has 0 saturated heterocycles. The molecule has 0 fully saturated rings. The van der Waals surface area contributed by atoms with Crippen LogP contribution in [0, 0.1) is 0 Å². The third-order valence-electron chi connectivity index (χ3n) is 2.06. The molecule has 0 aliphatic carbocycles. The summed E-state index contributed by atoms with van der Waals surface area (Å²) in [5, 5.41) is 2.55. The van der Waals surface area contributed by atoms with Crippen LogP contribution in [-0.2, 0) is 0 Å². The van der Waals surface area contributed by atoms with E-state index in [2.05, 4.69) is 18.5 Å². The zero-order chi connectivity index (χ0) is 12.0. The van der Waals surface area contributed by atoms with E-state index in [1.54, 1.807) is 37.4 Å². The highest BCUT2D eigenvalue weighted by Crippen LogP contribution is 2.12. The molecule has 0 unspecified atom stereocenters. The van der Waals surface area contributed by atoms with Crippen LogP contribution in [0.25, 0.3) is 0 Å². The Morgan fingerprint density at radius 1 is 1.44 bits per heavy atom. The van der Waals surface area contributed by atoms with Gasteiger partial charge in [0.1, 0.15) is 12.4 Å². The summed E-state index contributed by atoms with van der Waals surface area (Å²) in [4.78, 5) is 11.3. The smallest absolute Gasteiger partial charge is 0.251 e. The van der Waals surface area contributed by atoms with E-state index < -0.39 is 0 Å². The molecule has 0 aliphatic heterocycles. The fraction of sp³-hybridized carbons (Fsp3) is 0.154. The molecule has 84 valence electrons. The highest BCUT2D eigenvalue weighted by atomic mass is 16.5. The molecule has 0 atom stereocenters. The molecule has 1 amide bonds. The molecule has 3 nitrogen and oxygen atoms in total. The largest absolute Gasteiger partial charge is 0.489 e. The van der Waals surface area contributed by atoms with Crippen molar-refractivity contribution in [2.24, 2.45) is 0 Å². The first-order valence-electron chi connectivity index (χ1n) is 4.92. The van der Waals surface area contributed by atoms with E-state index >= 15 is 0 Å². The van der Waals surface area contributed by atoms with Gasteiger partial charge in [0.05, 0.1) is 0 Å². The van der Waals surface area contributed by atoms with Gasteiger partial charge in [0.2, 0.25) is 0 Å². The average molecular weight is 217 g/mol. The van der Waals surface area contributed by atoms with Crippen LogP contribution >= 0.6 is 0 Å². The number of hydrogen-bond donors (Lipinski definition) is 1. The normalized spacial score (nSPS) is 9.31. The van der Waals surface area contributed by atoms with E-state index in [1.165, 1.54) is 0 Å². The molecule has 1 N–H and O–H groups in total. The SMILES string of the molecule is C=CC(=C)COc1ccc(C(=O)NC)cc1. The van der Waals surface area contributed by atoms with Gasteiger partial charge in [-0.15, -0.1) is 0 Å². The number of benzene rings is 1. The van der Waals surface area contributed by atoms with Crippen LogP contribution in [0.1, 0.15) is 10.4 Å². The van der Waals surface area contributed by atoms with Crippen LogP contribution in [0.5, 0.6) is 5.75 Å². The molecule has 1 aromatic rings. The van der Waals surface area contributed by atoms with Crippen LogP contribution < -0.4 is 10.1 Å². The van der Waals surface area contributed by atoms with Gasteiger partial charge >= 0.3 is 0 Å². The lowest BCUT2D eigenvalue weighted by atomic mass is 10.2. The molecular weight excluding hydrogens is 202 g/mol. The predicted molar refractivity (Wildman–Crippen MR) is 64.7 cm³/mol. The highest BCUT2D eigenvalue weighted by Gasteiger charge is 2.02. The minimum Gasteiger partial charge on any atom is -0.489 e. The van der Waals surface area contributed by atoms with Crippen LogP contribution in [0.2, 0.25) is 0 Å². The zero-order valence-corrected chi connectivity index (χ0v) is 9.32. The predicted octanol–water partition coefficient (Wildman–Crippen LogP) is 2.17. The maximum atomic E-state index is 11.3. The summed E-state index contributed by atoms with van der Waals surface area (Å²) < 4.78 is 5.42. The van der Waals surface area contributed by atoms with E-state index in [0.29, 0.717) is 17.9 Å². The summed E-state index contributed by atoms with van der Waals surface area (Å²) in [5.41, 5.74) is 1.42. The van der Waals surface area contributed by atoms with Gasteiger partial charge in [-0.3, -0.25) is 4.79 Å². The fourth-order valence-corrected chi connectivity index (χ4v) is 1.08. The average Bonchev–Trinajstić information content (AvgIpc) is 2.35. The Labute approximate surface area is 95.4 Å². The van der Waals surface area contributed by atoms with E-state index in [9.17, 15) is 4.79 Å². The minimum absolute atomic E-state index is 0.109. The van der Waals surface area contributed by atoms with Gasteiger partial charge in [-0.25, -0.2) is 0 Å². The molecule has 0 bridgehead atoms. The third kappa shape index (κ3) is 3.28. The second-order valence-electron chi connectivity index (χ2n) is 3.25. The molecule has 1 aromatic carbocycles. The maximum absolute atomic E-state index is 11.3. The summed E-state index contributed by atoms with van der Waals surface area (Å²) in [6.45, 7) is 7.73. The number of carbonyl (C=O) groups excluding carboxylic acids is 1. The first-order chi connectivity index (χ1) is 7.67. The molecule has 3 heteroatoms. The molecule has 0 aliphatic rings. The number of amides is 1. The number of nitrogens with one attached hydrogen (secondary N) is 1. The summed E-state index contributed by atoms with van der Waals surface area (Å²) in [6, 6.07) is 6.93. The quantitative estimate of drug-likeness (QED) is 0.767. The van der Waals surface area contributed by atoms with Gasteiger partial charge in [0.15, 0.2) is 0 Å². The van der Waals surface area contributed by atoms with Crippen molar-refractivity contribution >= 4 is 5.91 Å². The Bertz CT molecular complexity index is 393. The lowest BCUT2D eigenvalue weighted by Gasteiger charge is -2.06. The second kappa shape index (κ2) is 5.75. The Hall–Kier alpha value is -2.03. The van der Waals surface area contributed by atoms with Gasteiger partial charge in [0.25, 0.3) is 5.91 Å². The molecule has 0 spiro atoms. The van der Waals surface area contributed by atoms with E-state index in [4.69, 9.17) is 4.74 Å². The van der Waals surface area contributed by atoms with Gasteiger partial charge in [0, 0.05) is 12.6 Å². The van der Waals surface area contributed by atoms with Crippen molar-refractivity contribution in [3.63, 3.8) is 0 Å². The highest BCUT2D eigenvalue weighted by molar-refractivity contribution is 5.94. The van der Waals surface area contributed by atoms with Crippen molar-refractivity contribution in [1.82, 2.24) is 5.32 Å². The maximum Gasteiger partial charge on any atom is 0.251 e. The molecular formula is C13H15NO2. The first-order valence-corrected chi connectivity index (χ1v) is 4.92. The number of hydrogen-bond acceptors (Lipinski definition) is 2. The van der Waals surface area contributed by atoms with Crippen molar-refractivity contribution in [3.8, 4) is 5.75 Å². The fourth-order valence-electron chi connectivity index (χ4n) is 1.08. The van der Waals surface area contributed by atoms with Crippen molar-refractivity contribution in [2.45, 2.75) is 0 Å². The standard InChI is InChI=1S/C13H15NO2/c1-4-10(2)9-16-12-7-5-11(6-8-12)13(15)14-3/h4-8H,1-2,9H2,3H3,(H,14,15). The zero-order valence-electron chi connectivity index (χ0n) is 9.32. The summed E-state index contributed by atoms with van der Waals surface area (Å²) in [7, 11) is 1.60. The molecule has 0 aromatic heterocycles. The number of ether oxygens (including phenoxy) is 1. The minimum atomic E-state index is -0.109. The Kier molecular flexibility index (Phi) is 4.33. The van der Waals surface area contributed by atoms with E-state index in [-0.39, 0.29) is 5.91 Å². The molecule has 0 saturated carbocycles. The topological polar surface area (TPSA) is 38.3 Å². The Morgan fingerprint density at radius 2 is 2.06 bits per heavy atom. The van der Waals surface area contributed by atoms with Gasteiger partial charge in [-0.1, -0.05) is 19.2 Å². The second-order valence-corrected chi connectivity index (χ2v) is 3.25. The van der Waals surface area contributed by atoms with Gasteiger partial charge in [-0.05, 0) is 29.8 Å². The van der Waals surface area contributed by atoms with Crippen LogP contribution in [0.3, 0.4) is 0 Å². The van der Waals surface area contributed by atoms with E-state index in [0.717, 1.165) is 5.57 Å². The Balaban J connectivity index is 2.61. The third-order valence-corrected chi connectivity index (χ3v) is 2.06. The number of carbonyl (C=O) groups is 1. The molecule has 0 heterocycles. The van der Waals surface area contributed by atoms with Gasteiger partial charge in [-0.2, -0.15) is 0 Å².